The van der Waals surface area contributed by atoms with Gasteiger partial charge in [0.25, 0.3) is 5.56 Å². The lowest BCUT2D eigenvalue weighted by Crippen LogP contribution is -2.17. The Labute approximate surface area is 172 Å². The SMILES string of the molecule is N#Cc1ccc(C(Cc2ccc(-n3cc(Cl)ccc3=O)nc2)c2ncc[nH]2)cc1. The Hall–Kier alpha value is -3.69. The summed E-state index contributed by atoms with van der Waals surface area (Å²) in [7, 11) is 0. The summed E-state index contributed by atoms with van der Waals surface area (Å²) in [4.78, 5) is 24.1. The molecule has 0 amide bonds. The van der Waals surface area contributed by atoms with Gasteiger partial charge in [-0.3, -0.25) is 9.36 Å². The van der Waals surface area contributed by atoms with E-state index in [4.69, 9.17) is 16.9 Å². The van der Waals surface area contributed by atoms with Crippen molar-refractivity contribution in [1.82, 2.24) is 19.5 Å². The van der Waals surface area contributed by atoms with Crippen molar-refractivity contribution in [2.45, 2.75) is 12.3 Å². The highest BCUT2D eigenvalue weighted by Crippen LogP contribution is 2.26. The number of halogens is 1. The van der Waals surface area contributed by atoms with Crippen LogP contribution < -0.4 is 5.56 Å². The fourth-order valence-corrected chi connectivity index (χ4v) is 3.35. The van der Waals surface area contributed by atoms with E-state index in [1.807, 2.05) is 18.2 Å². The first kappa shape index (κ1) is 18.7. The number of imidazole rings is 1. The van der Waals surface area contributed by atoms with Crippen molar-refractivity contribution in [3.63, 3.8) is 0 Å². The molecule has 0 spiro atoms. The second-order valence-corrected chi connectivity index (χ2v) is 6.98. The number of aromatic amines is 1. The zero-order valence-electron chi connectivity index (χ0n) is 15.3. The average Bonchev–Trinajstić information content (AvgIpc) is 3.29. The smallest absolute Gasteiger partial charge is 0.256 e. The number of nitrogens with one attached hydrogen (secondary N) is 1. The number of nitrogens with zero attached hydrogens (tertiary/aromatic N) is 4. The molecule has 1 atom stereocenters. The molecular formula is C22H16ClN5O. The molecule has 0 aliphatic heterocycles. The first-order valence-electron chi connectivity index (χ1n) is 8.97. The maximum atomic E-state index is 12.1. The summed E-state index contributed by atoms with van der Waals surface area (Å²) < 4.78 is 1.41. The van der Waals surface area contributed by atoms with E-state index in [1.165, 1.54) is 10.6 Å². The Kier molecular flexibility index (Phi) is 5.23. The lowest BCUT2D eigenvalue weighted by atomic mass is 9.91. The van der Waals surface area contributed by atoms with E-state index in [0.717, 1.165) is 17.0 Å². The number of H-pyrrole nitrogens is 1. The van der Waals surface area contributed by atoms with Crippen LogP contribution in [-0.2, 0) is 6.42 Å². The molecular weight excluding hydrogens is 386 g/mol. The number of benzene rings is 1. The van der Waals surface area contributed by atoms with Gasteiger partial charge in [-0.15, -0.1) is 0 Å². The molecule has 0 aliphatic carbocycles. The maximum Gasteiger partial charge on any atom is 0.256 e. The third kappa shape index (κ3) is 4.10. The van der Waals surface area contributed by atoms with Gasteiger partial charge in [-0.25, -0.2) is 9.97 Å². The second-order valence-electron chi connectivity index (χ2n) is 6.55. The van der Waals surface area contributed by atoms with E-state index >= 15 is 0 Å². The molecule has 7 heteroatoms. The molecule has 29 heavy (non-hydrogen) atoms. The molecule has 4 aromatic rings. The van der Waals surface area contributed by atoms with Crippen molar-refractivity contribution < 1.29 is 0 Å². The first-order chi connectivity index (χ1) is 14.1. The van der Waals surface area contributed by atoms with E-state index in [1.54, 1.807) is 49.1 Å². The number of pyridine rings is 2. The van der Waals surface area contributed by atoms with E-state index in [-0.39, 0.29) is 11.5 Å². The van der Waals surface area contributed by atoms with E-state index in [9.17, 15) is 4.79 Å². The van der Waals surface area contributed by atoms with Gasteiger partial charge >= 0.3 is 0 Å². The predicted octanol–water partition coefficient (Wildman–Crippen LogP) is 3.86. The summed E-state index contributed by atoms with van der Waals surface area (Å²) in [6.45, 7) is 0. The van der Waals surface area contributed by atoms with Crippen LogP contribution in [0.4, 0.5) is 0 Å². The minimum atomic E-state index is -0.194. The highest BCUT2D eigenvalue weighted by molar-refractivity contribution is 6.30. The van der Waals surface area contributed by atoms with Crippen molar-refractivity contribution in [2.75, 3.05) is 0 Å². The summed E-state index contributed by atoms with van der Waals surface area (Å²) in [6, 6.07) is 16.3. The molecule has 0 saturated carbocycles. The van der Waals surface area contributed by atoms with Crippen molar-refractivity contribution in [2.24, 2.45) is 0 Å². The van der Waals surface area contributed by atoms with Gasteiger partial charge < -0.3 is 4.98 Å². The van der Waals surface area contributed by atoms with Gasteiger partial charge in [0.15, 0.2) is 0 Å². The van der Waals surface area contributed by atoms with Gasteiger partial charge in [-0.2, -0.15) is 5.26 Å². The van der Waals surface area contributed by atoms with Crippen LogP contribution in [0.5, 0.6) is 0 Å². The molecule has 1 N–H and O–H groups in total. The lowest BCUT2D eigenvalue weighted by molar-refractivity contribution is 0.748. The fraction of sp³-hybridized carbons (Fsp3) is 0.0909. The molecule has 3 heterocycles. The quantitative estimate of drug-likeness (QED) is 0.550. The van der Waals surface area contributed by atoms with Crippen LogP contribution in [0.25, 0.3) is 5.82 Å². The predicted molar refractivity (Wildman–Crippen MR) is 110 cm³/mol. The normalized spacial score (nSPS) is 11.7. The lowest BCUT2D eigenvalue weighted by Gasteiger charge is -2.16. The molecule has 0 fully saturated rings. The molecule has 1 unspecified atom stereocenters. The number of hydrogen-bond acceptors (Lipinski definition) is 4. The third-order valence-electron chi connectivity index (χ3n) is 4.66. The summed E-state index contributed by atoms with van der Waals surface area (Å²) in [6.07, 6.45) is 7.48. The second kappa shape index (κ2) is 8.13. The van der Waals surface area contributed by atoms with Crippen LogP contribution in [0, 0.1) is 11.3 Å². The molecule has 0 bridgehead atoms. The fourth-order valence-electron chi connectivity index (χ4n) is 3.19. The van der Waals surface area contributed by atoms with Gasteiger partial charge in [-0.05, 0) is 41.8 Å². The summed E-state index contributed by atoms with van der Waals surface area (Å²) >= 11 is 6.00. The Morgan fingerprint density at radius 1 is 1.10 bits per heavy atom. The monoisotopic (exact) mass is 401 g/mol. The highest BCUT2D eigenvalue weighted by atomic mass is 35.5. The number of aromatic nitrogens is 4. The first-order valence-corrected chi connectivity index (χ1v) is 9.34. The third-order valence-corrected chi connectivity index (χ3v) is 4.89. The van der Waals surface area contributed by atoms with Gasteiger partial charge in [0.1, 0.15) is 11.6 Å². The van der Waals surface area contributed by atoms with Gasteiger partial charge in [0.2, 0.25) is 0 Å². The average molecular weight is 402 g/mol. The minimum Gasteiger partial charge on any atom is -0.348 e. The number of hydrogen-bond donors (Lipinski definition) is 1. The molecule has 6 nitrogen and oxygen atoms in total. The molecule has 0 aliphatic rings. The molecule has 4 rings (SSSR count). The van der Waals surface area contributed by atoms with Crippen molar-refractivity contribution in [3.05, 3.63) is 111 Å². The zero-order chi connectivity index (χ0) is 20.2. The maximum absolute atomic E-state index is 12.1. The molecule has 0 saturated heterocycles. The van der Waals surface area contributed by atoms with Crippen LogP contribution in [0.15, 0.2) is 78.1 Å². The van der Waals surface area contributed by atoms with Crippen molar-refractivity contribution in [3.8, 4) is 11.9 Å². The summed E-state index contributed by atoms with van der Waals surface area (Å²) in [5.74, 6) is 1.33. The van der Waals surface area contributed by atoms with E-state index < -0.39 is 0 Å². The van der Waals surface area contributed by atoms with Crippen LogP contribution in [0.2, 0.25) is 5.02 Å². The van der Waals surface area contributed by atoms with Crippen LogP contribution in [-0.4, -0.2) is 19.5 Å². The molecule has 142 valence electrons. The highest BCUT2D eigenvalue weighted by Gasteiger charge is 2.18. The minimum absolute atomic E-state index is 0.0146. The Bertz CT molecular complexity index is 1210. The zero-order valence-corrected chi connectivity index (χ0v) is 16.0. The van der Waals surface area contributed by atoms with Crippen LogP contribution in [0.3, 0.4) is 0 Å². The van der Waals surface area contributed by atoms with E-state index in [0.29, 0.717) is 22.8 Å². The van der Waals surface area contributed by atoms with Crippen LogP contribution >= 0.6 is 11.6 Å². The topological polar surface area (TPSA) is 87.4 Å². The molecule has 3 aromatic heterocycles. The Morgan fingerprint density at radius 2 is 1.93 bits per heavy atom. The van der Waals surface area contributed by atoms with Gasteiger partial charge in [0.05, 0.1) is 16.7 Å². The van der Waals surface area contributed by atoms with E-state index in [2.05, 4.69) is 21.0 Å². The molecule has 1 aromatic carbocycles. The van der Waals surface area contributed by atoms with Crippen molar-refractivity contribution >= 4 is 11.6 Å². The number of rotatable bonds is 5. The molecule has 0 radical (unpaired) electrons. The van der Waals surface area contributed by atoms with Crippen molar-refractivity contribution in [1.29, 1.82) is 5.26 Å². The standard InChI is InChI=1S/C22H16ClN5O/c23-18-6-8-21(29)28(14-18)20-7-3-16(13-27-20)11-19(22-25-9-10-26-22)17-4-1-15(12-24)2-5-17/h1-10,13-14,19H,11H2,(H,25,26). The Morgan fingerprint density at radius 3 is 2.59 bits per heavy atom. The summed E-state index contributed by atoms with van der Waals surface area (Å²) in [5.41, 5.74) is 2.47. The number of nitriles is 1. The summed E-state index contributed by atoms with van der Waals surface area (Å²) in [5, 5.41) is 9.50. The van der Waals surface area contributed by atoms with Gasteiger partial charge in [-0.1, -0.05) is 29.8 Å². The van der Waals surface area contributed by atoms with Crippen LogP contribution in [0.1, 0.15) is 28.4 Å². The Balaban J connectivity index is 1.63. The van der Waals surface area contributed by atoms with Gasteiger partial charge in [0, 0.05) is 36.8 Å². The largest absolute Gasteiger partial charge is 0.348 e.